The van der Waals surface area contributed by atoms with Gasteiger partial charge in [0, 0.05) is 21.8 Å². The van der Waals surface area contributed by atoms with E-state index in [0.717, 1.165) is 0 Å². The lowest BCUT2D eigenvalue weighted by Gasteiger charge is -2.07. The molecule has 1 heteroatoms. The van der Waals surface area contributed by atoms with E-state index in [4.69, 9.17) is 0 Å². The molecular formula is C28H17N. The Bertz CT molecular complexity index is 1620. The van der Waals surface area contributed by atoms with Gasteiger partial charge in [0.25, 0.3) is 0 Å². The van der Waals surface area contributed by atoms with Crippen LogP contribution in [0.3, 0.4) is 0 Å². The second-order valence-electron chi connectivity index (χ2n) is 7.94. The Labute approximate surface area is 167 Å². The Hall–Kier alpha value is -3.84. The number of hydrogen-bond donors (Lipinski definition) is 1. The molecule has 134 valence electrons. The molecule has 0 aliphatic rings. The molecule has 1 nitrogen and oxygen atoms in total. The largest absolute Gasteiger partial charge is 0.354 e. The summed E-state index contributed by atoms with van der Waals surface area (Å²) < 4.78 is 0. The predicted octanol–water partition coefficient (Wildman–Crippen LogP) is 7.93. The summed E-state index contributed by atoms with van der Waals surface area (Å²) in [7, 11) is 0. The number of H-pyrrole nitrogens is 1. The van der Waals surface area contributed by atoms with Crippen LogP contribution in [0.4, 0.5) is 0 Å². The molecular weight excluding hydrogens is 350 g/mol. The van der Waals surface area contributed by atoms with Crippen LogP contribution in [-0.2, 0) is 0 Å². The molecule has 0 aliphatic heterocycles. The molecule has 1 N–H and O–H groups in total. The van der Waals surface area contributed by atoms with Crippen LogP contribution < -0.4 is 0 Å². The summed E-state index contributed by atoms with van der Waals surface area (Å²) in [4.78, 5) is 3.66. The van der Waals surface area contributed by atoms with E-state index >= 15 is 0 Å². The molecule has 1 aromatic heterocycles. The molecule has 6 aromatic carbocycles. The highest BCUT2D eigenvalue weighted by Gasteiger charge is 2.12. The highest BCUT2D eigenvalue weighted by Crippen LogP contribution is 2.39. The van der Waals surface area contributed by atoms with Crippen molar-refractivity contribution in [1.82, 2.24) is 4.98 Å². The average molecular weight is 367 g/mol. The number of benzene rings is 6. The molecule has 0 bridgehead atoms. The van der Waals surface area contributed by atoms with E-state index in [1.807, 2.05) is 0 Å². The van der Waals surface area contributed by atoms with E-state index in [2.05, 4.69) is 102 Å². The molecule has 0 radical (unpaired) electrons. The second kappa shape index (κ2) is 5.36. The minimum atomic E-state index is 1.20. The molecule has 0 saturated heterocycles. The highest BCUT2D eigenvalue weighted by molar-refractivity contribution is 6.29. The normalized spacial score (nSPS) is 12.1. The topological polar surface area (TPSA) is 15.8 Å². The maximum absolute atomic E-state index is 3.66. The number of aromatic nitrogens is 1. The van der Waals surface area contributed by atoms with Crippen molar-refractivity contribution >= 4 is 64.9 Å². The monoisotopic (exact) mass is 367 g/mol. The van der Waals surface area contributed by atoms with Gasteiger partial charge in [-0.1, -0.05) is 60.7 Å². The minimum absolute atomic E-state index is 1.20. The summed E-state index contributed by atoms with van der Waals surface area (Å²) in [5.74, 6) is 0. The van der Waals surface area contributed by atoms with Crippen molar-refractivity contribution in [3.8, 4) is 0 Å². The molecule has 0 atom stereocenters. The van der Waals surface area contributed by atoms with Crippen molar-refractivity contribution in [2.24, 2.45) is 0 Å². The fourth-order valence-electron chi connectivity index (χ4n) is 4.92. The summed E-state index contributed by atoms with van der Waals surface area (Å²) in [5.41, 5.74) is 2.40. The van der Waals surface area contributed by atoms with Gasteiger partial charge >= 0.3 is 0 Å². The average Bonchev–Trinajstić information content (AvgIpc) is 3.16. The van der Waals surface area contributed by atoms with Crippen LogP contribution >= 0.6 is 0 Å². The number of rotatable bonds is 0. The van der Waals surface area contributed by atoms with Gasteiger partial charge in [0.05, 0.1) is 0 Å². The van der Waals surface area contributed by atoms with Gasteiger partial charge in [0.15, 0.2) is 0 Å². The zero-order valence-electron chi connectivity index (χ0n) is 15.7. The molecule has 0 saturated carbocycles. The Balaban J connectivity index is 1.75. The van der Waals surface area contributed by atoms with E-state index < -0.39 is 0 Å². The first-order valence-electron chi connectivity index (χ1n) is 10.0. The lowest BCUT2D eigenvalue weighted by Crippen LogP contribution is -1.80. The van der Waals surface area contributed by atoms with Gasteiger partial charge in [-0.2, -0.15) is 0 Å². The summed E-state index contributed by atoms with van der Waals surface area (Å²) in [5, 5.41) is 13.0. The van der Waals surface area contributed by atoms with Gasteiger partial charge in [0.1, 0.15) is 0 Å². The lowest BCUT2D eigenvalue weighted by molar-refractivity contribution is 1.56. The Morgan fingerprint density at radius 2 is 0.793 bits per heavy atom. The second-order valence-corrected chi connectivity index (χ2v) is 7.94. The van der Waals surface area contributed by atoms with Crippen molar-refractivity contribution < 1.29 is 0 Å². The van der Waals surface area contributed by atoms with Gasteiger partial charge in [-0.15, -0.1) is 0 Å². The van der Waals surface area contributed by atoms with Crippen LogP contribution in [0.1, 0.15) is 0 Å². The van der Waals surface area contributed by atoms with Gasteiger partial charge in [-0.3, -0.25) is 0 Å². The van der Waals surface area contributed by atoms with E-state index in [0.29, 0.717) is 0 Å². The van der Waals surface area contributed by atoms with E-state index in [-0.39, 0.29) is 0 Å². The van der Waals surface area contributed by atoms with Gasteiger partial charge in [-0.05, 0) is 79.5 Å². The summed E-state index contributed by atoms with van der Waals surface area (Å²) >= 11 is 0. The molecule has 0 spiro atoms. The SMILES string of the molecule is c1ccc2cc3c(ccc4[nH]c5ccc6cc7ccccc7cc6c5c43)cc2c1. The van der Waals surface area contributed by atoms with Crippen LogP contribution in [0, 0.1) is 0 Å². The lowest BCUT2D eigenvalue weighted by atomic mass is 9.96. The number of fused-ring (bicyclic) bond motifs is 9. The van der Waals surface area contributed by atoms with Gasteiger partial charge in [-0.25, -0.2) is 0 Å². The molecule has 7 aromatic rings. The van der Waals surface area contributed by atoms with Crippen LogP contribution in [0.15, 0.2) is 97.1 Å². The first kappa shape index (κ1) is 15.1. The van der Waals surface area contributed by atoms with E-state index in [1.54, 1.807) is 0 Å². The van der Waals surface area contributed by atoms with E-state index in [1.165, 1.54) is 64.9 Å². The quantitative estimate of drug-likeness (QED) is 0.262. The number of aromatic amines is 1. The molecule has 0 aliphatic carbocycles. The third-order valence-corrected chi connectivity index (χ3v) is 6.29. The van der Waals surface area contributed by atoms with Crippen LogP contribution in [0.2, 0.25) is 0 Å². The number of nitrogens with one attached hydrogen (secondary N) is 1. The standard InChI is InChI=1S/C28H17N/c1-3-7-19-15-23-21(13-17(19)5-1)9-11-25-27(23)28-24-16-20-8-4-2-6-18(20)14-22(24)10-12-26(28)29-25/h1-16,29H. The van der Waals surface area contributed by atoms with E-state index in [9.17, 15) is 0 Å². The highest BCUT2D eigenvalue weighted by atomic mass is 14.7. The molecule has 29 heavy (non-hydrogen) atoms. The van der Waals surface area contributed by atoms with Gasteiger partial charge < -0.3 is 4.98 Å². The van der Waals surface area contributed by atoms with Crippen LogP contribution in [-0.4, -0.2) is 4.98 Å². The zero-order chi connectivity index (χ0) is 18.9. The van der Waals surface area contributed by atoms with Crippen molar-refractivity contribution in [3.05, 3.63) is 97.1 Å². The summed E-state index contributed by atoms with van der Waals surface area (Å²) in [6, 6.07) is 35.5. The molecule has 1 heterocycles. The fraction of sp³-hybridized carbons (Fsp3) is 0. The van der Waals surface area contributed by atoms with Crippen molar-refractivity contribution in [3.63, 3.8) is 0 Å². The molecule has 7 rings (SSSR count). The molecule has 0 amide bonds. The maximum atomic E-state index is 3.66. The third-order valence-electron chi connectivity index (χ3n) is 6.29. The first-order chi connectivity index (χ1) is 14.3. The third kappa shape index (κ3) is 2.05. The van der Waals surface area contributed by atoms with Crippen molar-refractivity contribution in [2.75, 3.05) is 0 Å². The smallest absolute Gasteiger partial charge is 0.0471 e. The Kier molecular flexibility index (Phi) is 2.80. The first-order valence-corrected chi connectivity index (χ1v) is 10.0. The predicted molar refractivity (Wildman–Crippen MR) is 126 cm³/mol. The Morgan fingerprint density at radius 3 is 1.24 bits per heavy atom. The summed E-state index contributed by atoms with van der Waals surface area (Å²) in [6.45, 7) is 0. The molecule has 0 unspecified atom stereocenters. The molecule has 0 fully saturated rings. The Morgan fingerprint density at radius 1 is 0.379 bits per heavy atom. The summed E-state index contributed by atoms with van der Waals surface area (Å²) in [6.07, 6.45) is 0. The fourth-order valence-corrected chi connectivity index (χ4v) is 4.92. The number of hydrogen-bond acceptors (Lipinski definition) is 0. The maximum Gasteiger partial charge on any atom is 0.0471 e. The van der Waals surface area contributed by atoms with Crippen LogP contribution in [0.25, 0.3) is 64.9 Å². The van der Waals surface area contributed by atoms with Crippen LogP contribution in [0.5, 0.6) is 0 Å². The van der Waals surface area contributed by atoms with Crippen molar-refractivity contribution in [1.29, 1.82) is 0 Å². The zero-order valence-corrected chi connectivity index (χ0v) is 15.7. The minimum Gasteiger partial charge on any atom is -0.354 e. The van der Waals surface area contributed by atoms with Crippen molar-refractivity contribution in [2.45, 2.75) is 0 Å². The van der Waals surface area contributed by atoms with Gasteiger partial charge in [0.2, 0.25) is 0 Å².